The van der Waals surface area contributed by atoms with Crippen molar-refractivity contribution in [2.75, 3.05) is 12.8 Å². The van der Waals surface area contributed by atoms with Crippen molar-refractivity contribution in [2.24, 2.45) is 5.84 Å². The fraction of sp³-hybridized carbons (Fsp3) is 0.0909. The summed E-state index contributed by atoms with van der Waals surface area (Å²) in [5.41, 5.74) is 8.98. The molecule has 0 radical (unpaired) electrons. The highest BCUT2D eigenvalue weighted by atomic mass is 35.5. The lowest BCUT2D eigenvalue weighted by molar-refractivity contribution is 0.0954. The Bertz CT molecular complexity index is 630. The zero-order valence-electron chi connectivity index (χ0n) is 9.53. The van der Waals surface area contributed by atoms with Gasteiger partial charge in [-0.25, -0.2) is 5.84 Å². The predicted molar refractivity (Wildman–Crippen MR) is 69.4 cm³/mol. The van der Waals surface area contributed by atoms with Crippen LogP contribution in [0.5, 0.6) is 5.75 Å². The Morgan fingerprint density at radius 2 is 2.22 bits per heavy atom. The Labute approximate surface area is 108 Å². The molecule has 0 saturated heterocycles. The molecule has 0 bridgehead atoms. The molecule has 0 spiro atoms. The van der Waals surface area contributed by atoms with E-state index in [4.69, 9.17) is 27.9 Å². The molecule has 1 aromatic carbocycles. The van der Waals surface area contributed by atoms with E-state index < -0.39 is 5.91 Å². The van der Waals surface area contributed by atoms with Crippen molar-refractivity contribution in [3.63, 3.8) is 0 Å². The highest BCUT2D eigenvalue weighted by molar-refractivity contribution is 6.33. The summed E-state index contributed by atoms with van der Waals surface area (Å²) >= 11 is 5.98. The van der Waals surface area contributed by atoms with Crippen LogP contribution in [0.3, 0.4) is 0 Å². The molecule has 2 rings (SSSR count). The van der Waals surface area contributed by atoms with Gasteiger partial charge in [0.15, 0.2) is 0 Å². The van der Waals surface area contributed by atoms with Gasteiger partial charge in [-0.05, 0) is 12.1 Å². The van der Waals surface area contributed by atoms with E-state index in [0.717, 1.165) is 0 Å². The minimum atomic E-state index is -0.504. The zero-order valence-corrected chi connectivity index (χ0v) is 10.3. The number of rotatable bonds is 2. The van der Waals surface area contributed by atoms with E-state index >= 15 is 0 Å². The number of amides is 1. The van der Waals surface area contributed by atoms with Crippen molar-refractivity contribution < 1.29 is 9.53 Å². The summed E-state index contributed by atoms with van der Waals surface area (Å²) in [5, 5.41) is 1.00. The number of halogens is 1. The molecule has 18 heavy (non-hydrogen) atoms. The van der Waals surface area contributed by atoms with Crippen molar-refractivity contribution in [3.8, 4) is 5.75 Å². The maximum Gasteiger partial charge on any atom is 0.268 e. The second-order valence-electron chi connectivity index (χ2n) is 3.56. The number of aromatic nitrogens is 1. The molecule has 5 N–H and O–H groups in total. The number of hydrogen-bond acceptors (Lipinski definition) is 5. The van der Waals surface area contributed by atoms with E-state index in [0.29, 0.717) is 21.7 Å². The molecular weight excluding hydrogens is 256 g/mol. The number of carbonyl (C=O) groups is 1. The summed E-state index contributed by atoms with van der Waals surface area (Å²) in [4.78, 5) is 15.6. The lowest BCUT2D eigenvalue weighted by atomic mass is 10.1. The minimum absolute atomic E-state index is 0.203. The molecule has 0 aliphatic heterocycles. The number of nitrogen functional groups attached to an aromatic ring is 2. The van der Waals surface area contributed by atoms with E-state index in [1.807, 2.05) is 5.43 Å². The molecule has 0 aliphatic carbocycles. The molecule has 2 aromatic rings. The fourth-order valence-corrected chi connectivity index (χ4v) is 1.86. The molecule has 1 amide bonds. The number of nitrogens with two attached hydrogens (primary N) is 2. The molecule has 0 atom stereocenters. The Morgan fingerprint density at radius 3 is 2.83 bits per heavy atom. The number of nitrogens with one attached hydrogen (secondary N) is 1. The smallest absolute Gasteiger partial charge is 0.268 e. The van der Waals surface area contributed by atoms with Crippen LogP contribution in [0.15, 0.2) is 18.3 Å². The molecular formula is C11H11ClN4O2. The average Bonchev–Trinajstić information content (AvgIpc) is 2.38. The third-order valence-corrected chi connectivity index (χ3v) is 2.85. The van der Waals surface area contributed by atoms with Gasteiger partial charge < -0.3 is 10.5 Å². The Hall–Kier alpha value is -2.05. The number of fused-ring (bicyclic) bond motifs is 1. The van der Waals surface area contributed by atoms with E-state index in [-0.39, 0.29) is 11.3 Å². The zero-order chi connectivity index (χ0) is 13.3. The predicted octanol–water partition coefficient (Wildman–Crippen LogP) is 1.08. The van der Waals surface area contributed by atoms with Gasteiger partial charge in [0.2, 0.25) is 0 Å². The number of anilines is 1. The van der Waals surface area contributed by atoms with E-state index in [1.54, 1.807) is 12.1 Å². The molecule has 0 aliphatic rings. The number of benzene rings is 1. The van der Waals surface area contributed by atoms with Gasteiger partial charge in [-0.3, -0.25) is 15.2 Å². The minimum Gasteiger partial charge on any atom is -0.495 e. The number of carbonyl (C=O) groups excluding carboxylic acids is 1. The van der Waals surface area contributed by atoms with Crippen LogP contribution >= 0.6 is 11.6 Å². The van der Waals surface area contributed by atoms with Gasteiger partial charge in [-0.1, -0.05) is 11.6 Å². The van der Waals surface area contributed by atoms with Gasteiger partial charge in [0.25, 0.3) is 5.91 Å². The molecule has 6 nitrogen and oxygen atoms in total. The highest BCUT2D eigenvalue weighted by Gasteiger charge is 2.14. The Balaban J connectivity index is 2.73. The van der Waals surface area contributed by atoms with Crippen LogP contribution in [-0.2, 0) is 0 Å². The van der Waals surface area contributed by atoms with Gasteiger partial charge in [-0.2, -0.15) is 0 Å². The molecule has 1 aromatic heterocycles. The largest absolute Gasteiger partial charge is 0.495 e. The van der Waals surface area contributed by atoms with E-state index in [9.17, 15) is 4.79 Å². The maximum atomic E-state index is 11.5. The van der Waals surface area contributed by atoms with E-state index in [1.165, 1.54) is 13.3 Å². The van der Waals surface area contributed by atoms with Gasteiger partial charge in [0.05, 0.1) is 28.9 Å². The van der Waals surface area contributed by atoms with Crippen molar-refractivity contribution in [1.82, 2.24) is 10.4 Å². The monoisotopic (exact) mass is 266 g/mol. The number of nitrogens with zero attached hydrogens (tertiary/aromatic N) is 1. The number of ether oxygens (including phenoxy) is 1. The fourth-order valence-electron chi connectivity index (χ4n) is 1.63. The van der Waals surface area contributed by atoms with Crippen molar-refractivity contribution in [3.05, 3.63) is 28.9 Å². The number of pyridine rings is 1. The second kappa shape index (κ2) is 4.67. The summed E-state index contributed by atoms with van der Waals surface area (Å²) in [5.74, 6) is 5.03. The number of hydrogen-bond donors (Lipinski definition) is 3. The standard InChI is InChI=1S/C11H11ClN4O2/c1-18-9-2-5-8(3-7(9)12)15-4-6(10(5)13)11(17)16-14/h2-4H,14H2,1H3,(H2,13,15)(H,16,17). The van der Waals surface area contributed by atoms with Crippen LogP contribution in [0.4, 0.5) is 5.69 Å². The lowest BCUT2D eigenvalue weighted by Crippen LogP contribution is -2.30. The SMILES string of the molecule is COc1cc2c(N)c(C(=O)NN)cnc2cc1Cl. The quantitative estimate of drug-likeness (QED) is 0.429. The van der Waals surface area contributed by atoms with Crippen molar-refractivity contribution in [1.29, 1.82) is 0 Å². The summed E-state index contributed by atoms with van der Waals surface area (Å²) < 4.78 is 5.09. The summed E-state index contributed by atoms with van der Waals surface area (Å²) in [6.07, 6.45) is 1.35. The molecule has 94 valence electrons. The van der Waals surface area contributed by atoms with Gasteiger partial charge in [0, 0.05) is 11.6 Å². The summed E-state index contributed by atoms with van der Waals surface area (Å²) in [6, 6.07) is 3.25. The van der Waals surface area contributed by atoms with Crippen LogP contribution in [-0.4, -0.2) is 18.0 Å². The van der Waals surface area contributed by atoms with Gasteiger partial charge in [-0.15, -0.1) is 0 Å². The Morgan fingerprint density at radius 1 is 1.50 bits per heavy atom. The number of hydrazine groups is 1. The lowest BCUT2D eigenvalue weighted by Gasteiger charge is -2.09. The average molecular weight is 267 g/mol. The highest BCUT2D eigenvalue weighted by Crippen LogP contribution is 2.32. The third-order valence-electron chi connectivity index (χ3n) is 2.56. The molecule has 0 fully saturated rings. The molecule has 0 saturated carbocycles. The maximum absolute atomic E-state index is 11.5. The van der Waals surface area contributed by atoms with Crippen LogP contribution in [0.2, 0.25) is 5.02 Å². The Kier molecular flexibility index (Phi) is 3.22. The first-order valence-corrected chi connectivity index (χ1v) is 5.39. The topological polar surface area (TPSA) is 103 Å². The normalized spacial score (nSPS) is 10.4. The van der Waals surface area contributed by atoms with Gasteiger partial charge in [0.1, 0.15) is 5.75 Å². The van der Waals surface area contributed by atoms with Crippen LogP contribution < -0.4 is 21.7 Å². The third kappa shape index (κ3) is 1.92. The molecule has 0 unspecified atom stereocenters. The van der Waals surface area contributed by atoms with Crippen LogP contribution in [0.1, 0.15) is 10.4 Å². The first kappa shape index (κ1) is 12.4. The van der Waals surface area contributed by atoms with Crippen LogP contribution in [0, 0.1) is 0 Å². The first-order valence-electron chi connectivity index (χ1n) is 5.01. The van der Waals surface area contributed by atoms with E-state index in [2.05, 4.69) is 4.98 Å². The summed E-state index contributed by atoms with van der Waals surface area (Å²) in [7, 11) is 1.49. The second-order valence-corrected chi connectivity index (χ2v) is 3.97. The molecule has 1 heterocycles. The molecule has 7 heteroatoms. The van der Waals surface area contributed by atoms with Crippen LogP contribution in [0.25, 0.3) is 10.9 Å². The van der Waals surface area contributed by atoms with Gasteiger partial charge >= 0.3 is 0 Å². The number of methoxy groups -OCH3 is 1. The summed E-state index contributed by atoms with van der Waals surface area (Å²) in [6.45, 7) is 0. The van der Waals surface area contributed by atoms with Crippen molar-refractivity contribution in [2.45, 2.75) is 0 Å². The van der Waals surface area contributed by atoms with Crippen molar-refractivity contribution >= 4 is 34.1 Å². The first-order chi connectivity index (χ1) is 8.58.